The first-order valence-corrected chi connectivity index (χ1v) is 12.7. The van der Waals surface area contributed by atoms with Gasteiger partial charge in [0.15, 0.2) is 0 Å². The van der Waals surface area contributed by atoms with E-state index in [2.05, 4.69) is 134 Å². The van der Waals surface area contributed by atoms with Crippen molar-refractivity contribution in [3.05, 3.63) is 130 Å². The second-order valence-electron chi connectivity index (χ2n) is 10.1. The predicted molar refractivity (Wildman–Crippen MR) is 155 cm³/mol. The van der Waals surface area contributed by atoms with E-state index < -0.39 is 0 Å². The maximum absolute atomic E-state index is 3.83. The van der Waals surface area contributed by atoms with E-state index in [9.17, 15) is 0 Å². The third-order valence-corrected chi connectivity index (χ3v) is 7.58. The highest BCUT2D eigenvalue weighted by atomic mass is 14.9. The highest BCUT2D eigenvalue weighted by Gasteiger charge is 2.20. The van der Waals surface area contributed by atoms with Crippen LogP contribution in [0.4, 0.5) is 11.4 Å². The molecule has 174 valence electrons. The van der Waals surface area contributed by atoms with Crippen LogP contribution in [0.2, 0.25) is 0 Å². The van der Waals surface area contributed by atoms with Crippen LogP contribution in [0.25, 0.3) is 33.7 Å². The van der Waals surface area contributed by atoms with Crippen molar-refractivity contribution in [2.45, 2.75) is 25.9 Å². The largest absolute Gasteiger partial charge is 0.374 e. The fraction of sp³-hybridized carbons (Fsp3) is 0.118. The molecule has 0 fully saturated rings. The van der Waals surface area contributed by atoms with Crippen molar-refractivity contribution in [2.24, 2.45) is 0 Å². The fourth-order valence-corrected chi connectivity index (χ4v) is 5.64. The molecular weight excluding hydrogens is 436 g/mol. The van der Waals surface area contributed by atoms with E-state index in [4.69, 9.17) is 0 Å². The summed E-state index contributed by atoms with van der Waals surface area (Å²) in [5, 5.41) is 12.8. The average Bonchev–Trinajstić information content (AvgIpc) is 2.92. The van der Waals surface area contributed by atoms with E-state index in [1.54, 1.807) is 0 Å². The van der Waals surface area contributed by atoms with Gasteiger partial charge in [0, 0.05) is 10.8 Å². The monoisotopic (exact) mass is 464 g/mol. The van der Waals surface area contributed by atoms with Crippen molar-refractivity contribution in [3.8, 4) is 0 Å². The van der Waals surface area contributed by atoms with Crippen molar-refractivity contribution in [3.63, 3.8) is 0 Å². The van der Waals surface area contributed by atoms with Crippen LogP contribution < -0.4 is 10.6 Å². The Morgan fingerprint density at radius 3 is 1.50 bits per heavy atom. The molecule has 2 N–H and O–H groups in total. The van der Waals surface area contributed by atoms with Crippen molar-refractivity contribution in [2.75, 3.05) is 10.6 Å². The first-order valence-electron chi connectivity index (χ1n) is 12.7. The molecule has 2 heterocycles. The van der Waals surface area contributed by atoms with Crippen molar-refractivity contribution in [1.29, 1.82) is 0 Å². The van der Waals surface area contributed by atoms with Gasteiger partial charge in [0.2, 0.25) is 0 Å². The molecule has 2 atom stereocenters. The zero-order chi connectivity index (χ0) is 24.2. The van der Waals surface area contributed by atoms with Gasteiger partial charge in [-0.2, -0.15) is 0 Å². The molecule has 0 bridgehead atoms. The van der Waals surface area contributed by atoms with Crippen LogP contribution in [-0.2, 0) is 0 Å². The lowest BCUT2D eigenvalue weighted by Crippen LogP contribution is -2.15. The van der Waals surface area contributed by atoms with Crippen molar-refractivity contribution in [1.82, 2.24) is 0 Å². The van der Waals surface area contributed by atoms with Crippen LogP contribution >= 0.6 is 0 Å². The third kappa shape index (κ3) is 3.49. The third-order valence-electron chi connectivity index (χ3n) is 7.58. The zero-order valence-electron chi connectivity index (χ0n) is 20.5. The van der Waals surface area contributed by atoms with Gasteiger partial charge in [-0.15, -0.1) is 0 Å². The van der Waals surface area contributed by atoms with Crippen LogP contribution in [-0.4, -0.2) is 0 Å². The van der Waals surface area contributed by atoms with Gasteiger partial charge in [-0.05, 0) is 59.0 Å². The van der Waals surface area contributed by atoms with Gasteiger partial charge < -0.3 is 10.6 Å². The molecule has 0 aromatic heterocycles. The summed E-state index contributed by atoms with van der Waals surface area (Å²) >= 11 is 0. The number of aryl methyl sites for hydroxylation is 2. The van der Waals surface area contributed by atoms with Crippen LogP contribution in [0.1, 0.15) is 45.5 Å². The molecule has 0 amide bonds. The quantitative estimate of drug-likeness (QED) is 0.272. The number of nitrogens with one attached hydrogen (secondary N) is 2. The highest BCUT2D eigenvalue weighted by Crippen LogP contribution is 2.39. The van der Waals surface area contributed by atoms with E-state index >= 15 is 0 Å². The molecule has 2 unspecified atom stereocenters. The van der Waals surface area contributed by atoms with Gasteiger partial charge in [0.05, 0.1) is 23.5 Å². The first kappa shape index (κ1) is 21.0. The van der Waals surface area contributed by atoms with Gasteiger partial charge >= 0.3 is 0 Å². The highest BCUT2D eigenvalue weighted by molar-refractivity contribution is 6.00. The Balaban J connectivity index is 1.23. The first-order chi connectivity index (χ1) is 17.6. The SMILES string of the molecule is Cc1ccc2ccc3c(c2c1)NC(c1cccc(C2C=Cc4ccc5ccc(C)cc5c4N2)c1)C=C3. The number of fused-ring (bicyclic) bond motifs is 6. The minimum Gasteiger partial charge on any atom is -0.374 e. The lowest BCUT2D eigenvalue weighted by atomic mass is 9.92. The minimum atomic E-state index is 0.131. The Bertz CT molecular complexity index is 1600. The molecule has 36 heavy (non-hydrogen) atoms. The Morgan fingerprint density at radius 1 is 0.528 bits per heavy atom. The van der Waals surface area contributed by atoms with Crippen LogP contribution in [0.15, 0.2) is 97.1 Å². The predicted octanol–water partition coefficient (Wildman–Crippen LogP) is 8.97. The smallest absolute Gasteiger partial charge is 0.0701 e. The van der Waals surface area contributed by atoms with E-state index in [0.717, 1.165) is 0 Å². The molecular formula is C34H28N2. The van der Waals surface area contributed by atoms with Gasteiger partial charge in [0.1, 0.15) is 0 Å². The second-order valence-corrected chi connectivity index (χ2v) is 10.1. The summed E-state index contributed by atoms with van der Waals surface area (Å²) in [6, 6.07) is 31.5. The van der Waals surface area contributed by atoms with Crippen molar-refractivity contribution >= 4 is 45.1 Å². The standard InChI is InChI=1S/C34H28N2/c1-21-6-8-23-10-12-25-14-16-31(35-33(25)29(23)18-21)27-4-3-5-28(20-27)32-17-15-26-13-11-24-9-7-22(2)19-30(24)34(26)36-32/h3-20,31-32,35-36H,1-2H3. The normalized spacial score (nSPS) is 17.9. The molecule has 0 aliphatic carbocycles. The Hall–Kier alpha value is -4.30. The molecule has 2 aliphatic rings. The number of rotatable bonds is 2. The molecule has 0 spiro atoms. The molecule has 0 radical (unpaired) electrons. The lowest BCUT2D eigenvalue weighted by Gasteiger charge is -2.27. The minimum absolute atomic E-state index is 0.131. The van der Waals surface area contributed by atoms with Crippen LogP contribution in [0.3, 0.4) is 0 Å². The molecule has 0 saturated carbocycles. The van der Waals surface area contributed by atoms with E-state index in [-0.39, 0.29) is 12.1 Å². The van der Waals surface area contributed by atoms with E-state index in [0.29, 0.717) is 0 Å². The summed E-state index contributed by atoms with van der Waals surface area (Å²) in [5.41, 5.74) is 10.0. The molecule has 5 aromatic rings. The van der Waals surface area contributed by atoms with Crippen LogP contribution in [0, 0.1) is 13.8 Å². The molecule has 2 heteroatoms. The molecule has 5 aromatic carbocycles. The Kier molecular flexibility index (Phi) is 4.75. The maximum Gasteiger partial charge on any atom is 0.0701 e. The molecule has 0 saturated heterocycles. The summed E-state index contributed by atoms with van der Waals surface area (Å²) in [5.74, 6) is 0. The molecule has 2 nitrogen and oxygen atoms in total. The summed E-state index contributed by atoms with van der Waals surface area (Å²) < 4.78 is 0. The topological polar surface area (TPSA) is 24.1 Å². The molecule has 2 aliphatic heterocycles. The van der Waals surface area contributed by atoms with Crippen LogP contribution in [0.5, 0.6) is 0 Å². The van der Waals surface area contributed by atoms with E-state index in [1.165, 1.54) is 66.3 Å². The summed E-state index contributed by atoms with van der Waals surface area (Å²) in [7, 11) is 0. The Morgan fingerprint density at radius 2 is 1.00 bits per heavy atom. The zero-order valence-corrected chi connectivity index (χ0v) is 20.5. The number of hydrogen-bond donors (Lipinski definition) is 2. The summed E-state index contributed by atoms with van der Waals surface area (Å²) in [4.78, 5) is 0. The number of anilines is 2. The summed E-state index contributed by atoms with van der Waals surface area (Å²) in [6.45, 7) is 4.32. The van der Waals surface area contributed by atoms with Gasteiger partial charge in [-0.3, -0.25) is 0 Å². The average molecular weight is 465 g/mol. The second kappa shape index (κ2) is 8.13. The lowest BCUT2D eigenvalue weighted by molar-refractivity contribution is 0.943. The van der Waals surface area contributed by atoms with Crippen molar-refractivity contribution < 1.29 is 0 Å². The maximum atomic E-state index is 3.83. The number of benzene rings is 5. The van der Waals surface area contributed by atoms with Gasteiger partial charge in [-0.25, -0.2) is 0 Å². The van der Waals surface area contributed by atoms with Gasteiger partial charge in [0.25, 0.3) is 0 Å². The molecule has 7 rings (SSSR count). The van der Waals surface area contributed by atoms with Gasteiger partial charge in [-0.1, -0.05) is 108 Å². The van der Waals surface area contributed by atoms with E-state index in [1.807, 2.05) is 0 Å². The number of hydrogen-bond acceptors (Lipinski definition) is 2. The Labute approximate surface area is 212 Å². The fourth-order valence-electron chi connectivity index (χ4n) is 5.64. The summed E-state index contributed by atoms with van der Waals surface area (Å²) in [6.07, 6.45) is 9.07.